The van der Waals surface area contributed by atoms with E-state index < -0.39 is 0 Å². The van der Waals surface area contributed by atoms with Gasteiger partial charge in [-0.1, -0.05) is 18.7 Å². The van der Waals surface area contributed by atoms with E-state index >= 15 is 0 Å². The minimum Gasteiger partial charge on any atom is -0.504 e. The van der Waals surface area contributed by atoms with Gasteiger partial charge < -0.3 is 34.7 Å². The maximum atomic E-state index is 11.4. The summed E-state index contributed by atoms with van der Waals surface area (Å²) in [6.45, 7) is 8.90. The highest BCUT2D eigenvalue weighted by molar-refractivity contribution is 5.66. The number of aryl methyl sites for hydroxylation is 1. The van der Waals surface area contributed by atoms with Crippen LogP contribution in [0.25, 0.3) is 0 Å². The van der Waals surface area contributed by atoms with Gasteiger partial charge >= 0.3 is 0 Å². The van der Waals surface area contributed by atoms with Crippen molar-refractivity contribution in [3.63, 3.8) is 0 Å². The summed E-state index contributed by atoms with van der Waals surface area (Å²) in [5.41, 5.74) is 5.77. The molecule has 2 bridgehead atoms. The van der Waals surface area contributed by atoms with Crippen molar-refractivity contribution >= 4 is 0 Å². The summed E-state index contributed by atoms with van der Waals surface area (Å²) in [5.74, 6) is 2.89. The Morgan fingerprint density at radius 3 is 2.76 bits per heavy atom. The van der Waals surface area contributed by atoms with Gasteiger partial charge in [0.25, 0.3) is 0 Å². The first-order chi connectivity index (χ1) is 18.4. The van der Waals surface area contributed by atoms with Crippen LogP contribution < -0.4 is 29.6 Å². The molecule has 9 heteroatoms. The van der Waals surface area contributed by atoms with E-state index in [0.29, 0.717) is 37.5 Å². The molecular formula is C29H34N4O5. The molecule has 2 aromatic rings. The van der Waals surface area contributed by atoms with Gasteiger partial charge in [-0.2, -0.15) is 5.26 Å². The molecule has 1 fully saturated rings. The van der Waals surface area contributed by atoms with Crippen LogP contribution in [0.1, 0.15) is 45.5 Å². The van der Waals surface area contributed by atoms with E-state index in [1.165, 1.54) is 0 Å². The number of phenols is 1. The Kier molecular flexibility index (Phi) is 6.14. The van der Waals surface area contributed by atoms with Gasteiger partial charge in [0.1, 0.15) is 18.4 Å². The maximum Gasteiger partial charge on any atom is 0.231 e. The highest BCUT2D eigenvalue weighted by Crippen LogP contribution is 2.56. The molecule has 0 amide bonds. The minimum absolute atomic E-state index is 0.0889. The number of likely N-dealkylation sites (N-methyl/N-ethyl adjacent to an activating group) is 1. The van der Waals surface area contributed by atoms with E-state index in [9.17, 15) is 10.4 Å². The van der Waals surface area contributed by atoms with E-state index in [1.54, 1.807) is 13.2 Å². The number of benzene rings is 2. The molecule has 0 spiro atoms. The summed E-state index contributed by atoms with van der Waals surface area (Å²) in [5, 5.41) is 29.0. The number of ether oxygens (including phenoxy) is 4. The zero-order valence-electron chi connectivity index (χ0n) is 22.3. The smallest absolute Gasteiger partial charge is 0.231 e. The summed E-state index contributed by atoms with van der Waals surface area (Å²) >= 11 is 0. The Balaban J connectivity index is 1.59. The second-order valence-corrected chi connectivity index (χ2v) is 10.5. The standard InChI is InChI=1S/C29H34N4O5/c1-6-7-36-27-15(3)28-29(38-13-37-28)23-17(27)10-19-24-22-16(8-14(2)26(35-5)25(22)34)9-18(32-24)20(11-30)33(19)21(23)12-31-4/h6,8,18-21,24,31-32,34H,1,7,9-10,12-13H2,2-5H3/t18-,19?,20-,21-,24-/m0/s1. The van der Waals surface area contributed by atoms with E-state index in [-0.39, 0.29) is 42.8 Å². The largest absolute Gasteiger partial charge is 0.504 e. The molecule has 0 aliphatic carbocycles. The molecular weight excluding hydrogens is 484 g/mol. The highest BCUT2D eigenvalue weighted by atomic mass is 16.7. The summed E-state index contributed by atoms with van der Waals surface area (Å²) in [6, 6.07) is 3.77. The van der Waals surface area contributed by atoms with Gasteiger partial charge in [0.2, 0.25) is 6.79 Å². The number of nitrogens with one attached hydrogen (secondary N) is 2. The van der Waals surface area contributed by atoms with Crippen LogP contribution in [-0.2, 0) is 12.8 Å². The van der Waals surface area contributed by atoms with Crippen molar-refractivity contribution in [2.24, 2.45) is 0 Å². The number of methoxy groups -OCH3 is 1. The number of phenolic OH excluding ortho intramolecular Hbond substituents is 1. The van der Waals surface area contributed by atoms with E-state index in [1.807, 2.05) is 20.9 Å². The first-order valence-corrected chi connectivity index (χ1v) is 13.1. The molecule has 1 unspecified atom stereocenters. The molecule has 2 aromatic carbocycles. The molecule has 4 heterocycles. The molecule has 0 saturated carbocycles. The highest BCUT2D eigenvalue weighted by Gasteiger charge is 2.54. The predicted molar refractivity (Wildman–Crippen MR) is 141 cm³/mol. The zero-order chi connectivity index (χ0) is 26.7. The molecule has 9 nitrogen and oxygen atoms in total. The zero-order valence-corrected chi connectivity index (χ0v) is 22.3. The number of hydrogen-bond acceptors (Lipinski definition) is 9. The average Bonchev–Trinajstić information content (AvgIpc) is 3.39. The molecule has 5 atom stereocenters. The van der Waals surface area contributed by atoms with E-state index in [2.05, 4.69) is 34.2 Å². The number of piperazine rings is 1. The molecule has 200 valence electrons. The van der Waals surface area contributed by atoms with Gasteiger partial charge in [-0.3, -0.25) is 4.90 Å². The number of nitriles is 1. The van der Waals surface area contributed by atoms with Gasteiger partial charge in [-0.15, -0.1) is 0 Å². The Labute approximate surface area is 222 Å². The van der Waals surface area contributed by atoms with E-state index in [4.69, 9.17) is 18.9 Å². The monoisotopic (exact) mass is 518 g/mol. The van der Waals surface area contributed by atoms with Crippen LogP contribution in [0, 0.1) is 25.2 Å². The summed E-state index contributed by atoms with van der Waals surface area (Å²) in [6.07, 6.45) is 2.99. The van der Waals surface area contributed by atoms with Gasteiger partial charge in [-0.05, 0) is 44.9 Å². The average molecular weight is 519 g/mol. The fraction of sp³-hybridized carbons (Fsp3) is 0.483. The molecule has 0 radical (unpaired) electrons. The quantitative estimate of drug-likeness (QED) is 0.498. The SMILES string of the molecule is C=CCOc1c(C)c2c(c3c1CC1[C@@H]4N[C@@H](Cc5cc(C)c(OC)c(O)c54)[C@H](C#N)N1[C@H]3CNC)OCO2. The van der Waals surface area contributed by atoms with Crippen molar-refractivity contribution in [3.05, 3.63) is 52.1 Å². The van der Waals surface area contributed by atoms with Gasteiger partial charge in [0.05, 0.1) is 25.3 Å². The third-order valence-corrected chi connectivity index (χ3v) is 8.50. The lowest BCUT2D eigenvalue weighted by molar-refractivity contribution is -0.000686. The topological polar surface area (TPSA) is 108 Å². The van der Waals surface area contributed by atoms with Crippen LogP contribution in [0.15, 0.2) is 18.7 Å². The number of hydrogen-bond donors (Lipinski definition) is 3. The molecule has 4 aliphatic rings. The van der Waals surface area contributed by atoms with Crippen molar-refractivity contribution in [1.82, 2.24) is 15.5 Å². The summed E-state index contributed by atoms with van der Waals surface area (Å²) in [4.78, 5) is 2.33. The van der Waals surface area contributed by atoms with Crippen molar-refractivity contribution in [2.75, 3.05) is 34.1 Å². The van der Waals surface area contributed by atoms with Crippen molar-refractivity contribution in [3.8, 4) is 34.8 Å². The molecule has 3 N–H and O–H groups in total. The Morgan fingerprint density at radius 2 is 2.05 bits per heavy atom. The number of fused-ring (bicyclic) bond motifs is 9. The van der Waals surface area contributed by atoms with Crippen molar-refractivity contribution in [1.29, 1.82) is 5.26 Å². The summed E-state index contributed by atoms with van der Waals surface area (Å²) < 4.78 is 23.8. The number of nitrogens with zero attached hydrogens (tertiary/aromatic N) is 2. The lowest BCUT2D eigenvalue weighted by atomic mass is 9.72. The Hall–Kier alpha value is -3.45. The first-order valence-electron chi connectivity index (χ1n) is 13.1. The molecule has 4 aliphatic heterocycles. The Morgan fingerprint density at radius 1 is 1.26 bits per heavy atom. The second kappa shape index (κ2) is 9.38. The van der Waals surface area contributed by atoms with Crippen LogP contribution >= 0.6 is 0 Å². The minimum atomic E-state index is -0.378. The van der Waals surface area contributed by atoms with E-state index in [0.717, 1.165) is 44.9 Å². The molecule has 38 heavy (non-hydrogen) atoms. The molecule has 1 saturated heterocycles. The van der Waals surface area contributed by atoms with Gasteiger partial charge in [0, 0.05) is 40.9 Å². The fourth-order valence-corrected chi connectivity index (χ4v) is 7.14. The van der Waals surface area contributed by atoms with Gasteiger partial charge in [0.15, 0.2) is 23.0 Å². The predicted octanol–water partition coefficient (Wildman–Crippen LogP) is 2.96. The molecule has 6 rings (SSSR count). The third-order valence-electron chi connectivity index (χ3n) is 8.50. The van der Waals surface area contributed by atoms with Crippen LogP contribution in [0.4, 0.5) is 0 Å². The normalized spacial score (nSPS) is 26.6. The van der Waals surface area contributed by atoms with Crippen molar-refractivity contribution in [2.45, 2.75) is 56.9 Å². The number of aromatic hydroxyl groups is 1. The Bertz CT molecular complexity index is 1350. The maximum absolute atomic E-state index is 11.4. The third kappa shape index (κ3) is 3.40. The van der Waals surface area contributed by atoms with Crippen LogP contribution in [0.5, 0.6) is 28.7 Å². The lowest BCUT2D eigenvalue weighted by Crippen LogP contribution is -2.68. The van der Waals surface area contributed by atoms with Gasteiger partial charge in [-0.25, -0.2) is 0 Å². The second-order valence-electron chi connectivity index (χ2n) is 10.5. The number of rotatable bonds is 6. The first kappa shape index (κ1) is 24.9. The van der Waals surface area contributed by atoms with Crippen LogP contribution in [-0.4, -0.2) is 62.2 Å². The summed E-state index contributed by atoms with van der Waals surface area (Å²) in [7, 11) is 3.50. The van der Waals surface area contributed by atoms with Crippen LogP contribution in [0.2, 0.25) is 0 Å². The fourth-order valence-electron chi connectivity index (χ4n) is 7.14. The van der Waals surface area contributed by atoms with Crippen LogP contribution in [0.3, 0.4) is 0 Å². The molecule has 0 aromatic heterocycles. The van der Waals surface area contributed by atoms with Crippen molar-refractivity contribution < 1.29 is 24.1 Å². The lowest BCUT2D eigenvalue weighted by Gasteiger charge is -2.56.